The van der Waals surface area contributed by atoms with Gasteiger partial charge >= 0.3 is 0 Å². The number of ether oxygens (including phenoxy) is 1. The third-order valence-corrected chi connectivity index (χ3v) is 6.88. The summed E-state index contributed by atoms with van der Waals surface area (Å²) >= 11 is 0. The minimum Gasteiger partial charge on any atom is -0.363 e. The van der Waals surface area contributed by atoms with E-state index in [0.717, 1.165) is 54.8 Å². The summed E-state index contributed by atoms with van der Waals surface area (Å²) in [5, 5.41) is 17.8. The number of nitrogens with zero attached hydrogens (tertiary/aromatic N) is 2. The molecule has 1 atom stereocenters. The Balaban J connectivity index is 1.53. The number of nitrogens with one attached hydrogen (secondary N) is 1. The quantitative estimate of drug-likeness (QED) is 0.480. The van der Waals surface area contributed by atoms with Crippen molar-refractivity contribution < 1.29 is 9.13 Å². The van der Waals surface area contributed by atoms with Gasteiger partial charge in [-0.25, -0.2) is 4.39 Å². The van der Waals surface area contributed by atoms with Crippen LogP contribution < -0.4 is 0 Å². The summed E-state index contributed by atoms with van der Waals surface area (Å²) in [6.07, 6.45) is 7.58. The fourth-order valence-corrected chi connectivity index (χ4v) is 5.14. The fourth-order valence-electron chi connectivity index (χ4n) is 5.14. The number of amidine groups is 1. The molecule has 4 nitrogen and oxygen atoms in total. The number of rotatable bonds is 6. The first kappa shape index (κ1) is 21.5. The first-order valence-electron chi connectivity index (χ1n) is 11.3. The average molecular weight is 420 g/mol. The molecule has 162 valence electrons. The van der Waals surface area contributed by atoms with Crippen molar-refractivity contribution in [3.8, 4) is 6.07 Å². The lowest BCUT2D eigenvalue weighted by molar-refractivity contribution is -0.0137. The maximum absolute atomic E-state index is 13.6. The summed E-state index contributed by atoms with van der Waals surface area (Å²) in [4.78, 5) is 2.09. The van der Waals surface area contributed by atoms with Crippen LogP contribution >= 0.6 is 0 Å². The van der Waals surface area contributed by atoms with E-state index in [9.17, 15) is 9.65 Å². The van der Waals surface area contributed by atoms with Crippen molar-refractivity contribution in [2.75, 3.05) is 13.6 Å². The Labute approximate surface area is 184 Å². The van der Waals surface area contributed by atoms with Crippen LogP contribution in [0.5, 0.6) is 0 Å². The molecule has 1 N–H and O–H groups in total. The molecule has 2 aromatic carbocycles. The summed E-state index contributed by atoms with van der Waals surface area (Å²) in [5.74, 6) is 0.872. The molecule has 1 aliphatic heterocycles. The van der Waals surface area contributed by atoms with Crippen LogP contribution in [0.2, 0.25) is 0 Å². The first-order valence-corrected chi connectivity index (χ1v) is 11.3. The number of hydrogen-bond acceptors (Lipinski definition) is 3. The van der Waals surface area contributed by atoms with Gasteiger partial charge in [0.1, 0.15) is 11.4 Å². The lowest BCUT2D eigenvalue weighted by atomic mass is 9.81. The van der Waals surface area contributed by atoms with Gasteiger partial charge in [-0.05, 0) is 66.6 Å². The van der Waals surface area contributed by atoms with Crippen molar-refractivity contribution in [3.63, 3.8) is 0 Å². The molecular weight excluding hydrogens is 389 g/mol. The highest BCUT2D eigenvalue weighted by atomic mass is 19.1. The molecule has 1 heterocycles. The summed E-state index contributed by atoms with van der Waals surface area (Å²) in [5.41, 5.74) is 2.99. The van der Waals surface area contributed by atoms with Crippen LogP contribution in [0.25, 0.3) is 0 Å². The van der Waals surface area contributed by atoms with E-state index >= 15 is 0 Å². The molecule has 4 rings (SSSR count). The molecule has 1 unspecified atom stereocenters. The van der Waals surface area contributed by atoms with E-state index in [-0.39, 0.29) is 5.82 Å². The van der Waals surface area contributed by atoms with Crippen LogP contribution in [0.1, 0.15) is 67.2 Å². The van der Waals surface area contributed by atoms with Crippen LogP contribution in [0.15, 0.2) is 42.5 Å². The van der Waals surface area contributed by atoms with Gasteiger partial charge in [0.25, 0.3) is 0 Å². The Hall–Kier alpha value is -2.71. The maximum atomic E-state index is 13.6. The monoisotopic (exact) mass is 419 g/mol. The van der Waals surface area contributed by atoms with Crippen molar-refractivity contribution in [1.82, 2.24) is 4.90 Å². The van der Waals surface area contributed by atoms with Crippen LogP contribution in [0, 0.1) is 28.5 Å². The van der Waals surface area contributed by atoms with Gasteiger partial charge in [-0.1, -0.05) is 37.5 Å². The minimum atomic E-state index is -0.648. The second-order valence-electron chi connectivity index (χ2n) is 8.85. The Morgan fingerprint density at radius 1 is 1.19 bits per heavy atom. The Kier molecular flexibility index (Phi) is 6.38. The van der Waals surface area contributed by atoms with Crippen molar-refractivity contribution in [3.05, 3.63) is 70.5 Å². The zero-order chi connectivity index (χ0) is 21.8. The molecular formula is C26H30FN3O. The highest BCUT2D eigenvalue weighted by Gasteiger charge is 2.41. The third-order valence-electron chi connectivity index (χ3n) is 6.88. The van der Waals surface area contributed by atoms with Gasteiger partial charge in [0.15, 0.2) is 0 Å². The zero-order valence-electron chi connectivity index (χ0n) is 18.2. The number of fused-ring (bicyclic) bond motifs is 1. The standard InChI is InChI=1S/C26H30FN3O/c1-30(25(29)20-6-3-2-4-7-20)15-5-14-26(22-9-11-23(27)12-10-22)24-13-8-19(17-28)16-21(24)18-31-26/h8-13,16,20,29H,2-7,14-15,18H2,1H3. The third kappa shape index (κ3) is 4.36. The average Bonchev–Trinajstić information content (AvgIpc) is 3.18. The van der Waals surface area contributed by atoms with Gasteiger partial charge in [0.2, 0.25) is 0 Å². The molecule has 1 saturated carbocycles. The Morgan fingerprint density at radius 3 is 2.65 bits per heavy atom. The summed E-state index contributed by atoms with van der Waals surface area (Å²) in [7, 11) is 2.02. The molecule has 0 radical (unpaired) electrons. The topological polar surface area (TPSA) is 60.1 Å². The zero-order valence-corrected chi connectivity index (χ0v) is 18.2. The number of nitriles is 1. The predicted octanol–water partition coefficient (Wildman–Crippen LogP) is 5.74. The number of hydrogen-bond donors (Lipinski definition) is 1. The fraction of sp³-hybridized carbons (Fsp3) is 0.462. The van der Waals surface area contributed by atoms with E-state index in [0.29, 0.717) is 18.1 Å². The molecule has 2 aliphatic rings. The van der Waals surface area contributed by atoms with E-state index < -0.39 is 5.60 Å². The van der Waals surface area contributed by atoms with E-state index in [4.69, 9.17) is 10.1 Å². The highest BCUT2D eigenvalue weighted by Crippen LogP contribution is 2.45. The molecule has 31 heavy (non-hydrogen) atoms. The molecule has 2 aromatic rings. The molecule has 0 saturated heterocycles. The van der Waals surface area contributed by atoms with Gasteiger partial charge in [0, 0.05) is 19.5 Å². The molecule has 1 fully saturated rings. The van der Waals surface area contributed by atoms with Crippen molar-refractivity contribution in [2.45, 2.75) is 57.2 Å². The smallest absolute Gasteiger partial charge is 0.123 e. The predicted molar refractivity (Wildman–Crippen MR) is 119 cm³/mol. The number of benzene rings is 2. The largest absolute Gasteiger partial charge is 0.363 e. The lowest BCUT2D eigenvalue weighted by Crippen LogP contribution is -2.35. The van der Waals surface area contributed by atoms with E-state index in [1.807, 2.05) is 25.2 Å². The van der Waals surface area contributed by atoms with Gasteiger partial charge in [-0.15, -0.1) is 0 Å². The van der Waals surface area contributed by atoms with E-state index in [1.54, 1.807) is 12.1 Å². The maximum Gasteiger partial charge on any atom is 0.123 e. The Bertz CT molecular complexity index is 975. The van der Waals surface area contributed by atoms with Crippen molar-refractivity contribution in [1.29, 1.82) is 10.7 Å². The molecule has 1 aliphatic carbocycles. The Morgan fingerprint density at radius 2 is 1.94 bits per heavy atom. The second kappa shape index (κ2) is 9.20. The molecule has 0 aromatic heterocycles. The van der Waals surface area contributed by atoms with Gasteiger partial charge in [-0.3, -0.25) is 5.41 Å². The van der Waals surface area contributed by atoms with Gasteiger partial charge in [0.05, 0.1) is 24.1 Å². The summed E-state index contributed by atoms with van der Waals surface area (Å²) in [6, 6.07) is 14.5. The summed E-state index contributed by atoms with van der Waals surface area (Å²) < 4.78 is 20.0. The SMILES string of the molecule is CN(CCCC1(c2ccc(F)cc2)OCc2cc(C#N)ccc21)C(=N)C1CCCCC1. The van der Waals surface area contributed by atoms with Crippen LogP contribution in [0.4, 0.5) is 4.39 Å². The van der Waals surface area contributed by atoms with Crippen LogP contribution in [0.3, 0.4) is 0 Å². The second-order valence-corrected chi connectivity index (χ2v) is 8.85. The minimum absolute atomic E-state index is 0.266. The molecule has 0 bridgehead atoms. The molecule has 5 heteroatoms. The number of halogens is 1. The van der Waals surface area contributed by atoms with E-state index in [1.165, 1.54) is 31.4 Å². The van der Waals surface area contributed by atoms with Crippen molar-refractivity contribution >= 4 is 5.84 Å². The van der Waals surface area contributed by atoms with Crippen molar-refractivity contribution in [2.24, 2.45) is 5.92 Å². The molecule has 0 spiro atoms. The van der Waals surface area contributed by atoms with Gasteiger partial charge < -0.3 is 9.64 Å². The van der Waals surface area contributed by atoms with Crippen LogP contribution in [-0.2, 0) is 16.9 Å². The summed E-state index contributed by atoms with van der Waals surface area (Å²) in [6.45, 7) is 1.23. The van der Waals surface area contributed by atoms with Gasteiger partial charge in [-0.2, -0.15) is 5.26 Å². The highest BCUT2D eigenvalue weighted by molar-refractivity contribution is 5.81. The first-order chi connectivity index (χ1) is 15.0. The normalized spacial score (nSPS) is 20.8. The van der Waals surface area contributed by atoms with Crippen LogP contribution in [-0.4, -0.2) is 24.3 Å². The molecule has 0 amide bonds. The van der Waals surface area contributed by atoms with E-state index in [2.05, 4.69) is 11.0 Å². The lowest BCUT2D eigenvalue weighted by Gasteiger charge is -2.33.